The number of rotatable bonds is 5. The number of anilines is 1. The molecule has 0 atom stereocenters. The average Bonchev–Trinajstić information content (AvgIpc) is 2.63. The molecule has 4 nitrogen and oxygen atoms in total. The molecule has 6 heteroatoms. The molecule has 0 aromatic heterocycles. The third-order valence-electron chi connectivity index (χ3n) is 4.60. The Labute approximate surface area is 158 Å². The summed E-state index contributed by atoms with van der Waals surface area (Å²) in [6, 6.07) is 11.2. The van der Waals surface area contributed by atoms with E-state index < -0.39 is 17.5 Å². The fraction of sp³-hybridized carbons (Fsp3) is 0.286. The Morgan fingerprint density at radius 2 is 1.74 bits per heavy atom. The van der Waals surface area contributed by atoms with Crippen molar-refractivity contribution in [2.75, 3.05) is 38.5 Å². The molecule has 0 aliphatic carbocycles. The van der Waals surface area contributed by atoms with E-state index in [-0.39, 0.29) is 5.56 Å². The van der Waals surface area contributed by atoms with Crippen LogP contribution in [0.5, 0.6) is 0 Å². The molecule has 2 aromatic carbocycles. The number of hydrogen-bond donors (Lipinski definition) is 1. The first-order valence-corrected chi connectivity index (χ1v) is 8.94. The molecule has 0 bridgehead atoms. The van der Waals surface area contributed by atoms with Crippen molar-refractivity contribution in [2.24, 2.45) is 0 Å². The third-order valence-corrected chi connectivity index (χ3v) is 4.60. The summed E-state index contributed by atoms with van der Waals surface area (Å²) >= 11 is 0. The zero-order valence-electron chi connectivity index (χ0n) is 15.3. The van der Waals surface area contributed by atoms with Gasteiger partial charge in [-0.1, -0.05) is 18.2 Å². The number of benzene rings is 2. The van der Waals surface area contributed by atoms with E-state index in [1.807, 2.05) is 18.2 Å². The Hall–Kier alpha value is -2.57. The maximum Gasteiger partial charge on any atom is 0.248 e. The van der Waals surface area contributed by atoms with Crippen molar-refractivity contribution >= 4 is 17.7 Å². The van der Waals surface area contributed by atoms with Crippen LogP contribution in [0.1, 0.15) is 11.1 Å². The van der Waals surface area contributed by atoms with E-state index in [4.69, 9.17) is 0 Å². The molecule has 1 saturated heterocycles. The largest absolute Gasteiger partial charge is 0.323 e. The summed E-state index contributed by atoms with van der Waals surface area (Å²) in [6.45, 7) is 4.96. The molecule has 1 heterocycles. The third kappa shape index (κ3) is 5.45. The summed E-state index contributed by atoms with van der Waals surface area (Å²) in [6.07, 6.45) is 2.28. The van der Waals surface area contributed by atoms with E-state index in [1.165, 1.54) is 6.07 Å². The molecule has 1 N–H and O–H groups in total. The normalized spacial score (nSPS) is 16.0. The quantitative estimate of drug-likeness (QED) is 0.819. The SMILES string of the molecule is CN1CCN(Cc2cccc(NC(=O)C=Cc3c(F)cccc3F)c2)CC1. The van der Waals surface area contributed by atoms with Gasteiger partial charge in [0.05, 0.1) is 0 Å². The minimum atomic E-state index is -0.701. The first-order valence-electron chi connectivity index (χ1n) is 8.94. The second-order valence-electron chi connectivity index (χ2n) is 6.74. The molecule has 142 valence electrons. The number of carbonyl (C=O) groups is 1. The molecule has 1 aliphatic rings. The van der Waals surface area contributed by atoms with E-state index >= 15 is 0 Å². The second-order valence-corrected chi connectivity index (χ2v) is 6.74. The number of likely N-dealkylation sites (N-methyl/N-ethyl adjacent to an activating group) is 1. The van der Waals surface area contributed by atoms with Gasteiger partial charge in [0.2, 0.25) is 5.91 Å². The van der Waals surface area contributed by atoms with Crippen LogP contribution in [0.4, 0.5) is 14.5 Å². The summed E-state index contributed by atoms with van der Waals surface area (Å²) in [5, 5.41) is 2.74. The van der Waals surface area contributed by atoms with Gasteiger partial charge in [0.25, 0.3) is 0 Å². The molecular weight excluding hydrogens is 348 g/mol. The minimum absolute atomic E-state index is 0.225. The summed E-state index contributed by atoms with van der Waals surface area (Å²) in [5.74, 6) is -1.84. The van der Waals surface area contributed by atoms with Crippen molar-refractivity contribution in [3.63, 3.8) is 0 Å². The average molecular weight is 371 g/mol. The predicted molar refractivity (Wildman–Crippen MR) is 103 cm³/mol. The molecule has 0 unspecified atom stereocenters. The lowest BCUT2D eigenvalue weighted by Gasteiger charge is -2.32. The summed E-state index contributed by atoms with van der Waals surface area (Å²) in [5.41, 5.74) is 1.54. The van der Waals surface area contributed by atoms with Crippen LogP contribution in [0.3, 0.4) is 0 Å². The maximum atomic E-state index is 13.6. The highest BCUT2D eigenvalue weighted by atomic mass is 19.1. The number of hydrogen-bond acceptors (Lipinski definition) is 3. The van der Waals surface area contributed by atoms with Gasteiger partial charge >= 0.3 is 0 Å². The van der Waals surface area contributed by atoms with E-state index in [9.17, 15) is 13.6 Å². The number of piperazine rings is 1. The number of halogens is 2. The highest BCUT2D eigenvalue weighted by Crippen LogP contribution is 2.16. The van der Waals surface area contributed by atoms with Crippen molar-refractivity contribution in [3.8, 4) is 0 Å². The van der Waals surface area contributed by atoms with Crippen LogP contribution >= 0.6 is 0 Å². The first kappa shape index (κ1) is 19.2. The van der Waals surface area contributed by atoms with E-state index in [0.29, 0.717) is 5.69 Å². The fourth-order valence-electron chi connectivity index (χ4n) is 3.02. The lowest BCUT2D eigenvalue weighted by Crippen LogP contribution is -2.43. The molecule has 3 rings (SSSR count). The molecule has 0 spiro atoms. The second kappa shape index (κ2) is 8.88. The Morgan fingerprint density at radius 3 is 2.44 bits per heavy atom. The molecular formula is C21H23F2N3O. The first-order chi connectivity index (χ1) is 13.0. The van der Waals surface area contributed by atoms with Crippen LogP contribution in [0.15, 0.2) is 48.5 Å². The zero-order chi connectivity index (χ0) is 19.2. The van der Waals surface area contributed by atoms with Crippen molar-refractivity contribution < 1.29 is 13.6 Å². The van der Waals surface area contributed by atoms with E-state index in [0.717, 1.165) is 62.6 Å². The molecule has 1 aliphatic heterocycles. The zero-order valence-corrected chi connectivity index (χ0v) is 15.3. The van der Waals surface area contributed by atoms with Gasteiger partial charge in [-0.05, 0) is 43.0 Å². The topological polar surface area (TPSA) is 35.6 Å². The standard InChI is InChI=1S/C21H23F2N3O/c1-25-10-12-26(13-11-25)15-16-4-2-5-17(14-16)24-21(27)9-8-18-19(22)6-3-7-20(18)23/h2-9,14H,10-13,15H2,1H3,(H,24,27). The summed E-state index contributed by atoms with van der Waals surface area (Å²) < 4.78 is 27.2. The van der Waals surface area contributed by atoms with Gasteiger partial charge in [0.1, 0.15) is 11.6 Å². The maximum absolute atomic E-state index is 13.6. The molecule has 0 radical (unpaired) electrons. The van der Waals surface area contributed by atoms with Crippen LogP contribution < -0.4 is 5.32 Å². The van der Waals surface area contributed by atoms with Crippen LogP contribution in [-0.2, 0) is 11.3 Å². The van der Waals surface area contributed by atoms with Gasteiger partial charge in [0.15, 0.2) is 0 Å². The van der Waals surface area contributed by atoms with Gasteiger partial charge < -0.3 is 10.2 Å². The van der Waals surface area contributed by atoms with E-state index in [1.54, 1.807) is 6.07 Å². The Bertz CT molecular complexity index is 810. The van der Waals surface area contributed by atoms with Crippen LogP contribution in [0.2, 0.25) is 0 Å². The lowest BCUT2D eigenvalue weighted by molar-refractivity contribution is -0.111. The summed E-state index contributed by atoms with van der Waals surface area (Å²) in [7, 11) is 2.12. The Kier molecular flexibility index (Phi) is 6.32. The van der Waals surface area contributed by atoms with Crippen molar-refractivity contribution in [2.45, 2.75) is 6.54 Å². The van der Waals surface area contributed by atoms with Gasteiger partial charge in [0, 0.05) is 50.1 Å². The number of amides is 1. The molecule has 1 fully saturated rings. The van der Waals surface area contributed by atoms with E-state index in [2.05, 4.69) is 22.2 Å². The van der Waals surface area contributed by atoms with Crippen LogP contribution in [0.25, 0.3) is 6.08 Å². The Balaban J connectivity index is 1.60. The smallest absolute Gasteiger partial charge is 0.248 e. The number of nitrogens with zero attached hydrogens (tertiary/aromatic N) is 2. The van der Waals surface area contributed by atoms with Gasteiger partial charge in [-0.15, -0.1) is 0 Å². The summed E-state index contributed by atoms with van der Waals surface area (Å²) in [4.78, 5) is 16.8. The van der Waals surface area contributed by atoms with Gasteiger partial charge in [-0.25, -0.2) is 8.78 Å². The van der Waals surface area contributed by atoms with Crippen LogP contribution in [0, 0.1) is 11.6 Å². The van der Waals surface area contributed by atoms with Crippen molar-refractivity contribution in [3.05, 3.63) is 71.3 Å². The fourth-order valence-corrected chi connectivity index (χ4v) is 3.02. The van der Waals surface area contributed by atoms with Gasteiger partial charge in [-0.2, -0.15) is 0 Å². The van der Waals surface area contributed by atoms with Gasteiger partial charge in [-0.3, -0.25) is 9.69 Å². The highest BCUT2D eigenvalue weighted by molar-refractivity contribution is 6.02. The number of carbonyl (C=O) groups excluding carboxylic acids is 1. The molecule has 27 heavy (non-hydrogen) atoms. The van der Waals surface area contributed by atoms with Crippen LogP contribution in [-0.4, -0.2) is 48.9 Å². The highest BCUT2D eigenvalue weighted by Gasteiger charge is 2.14. The Morgan fingerprint density at radius 1 is 1.07 bits per heavy atom. The number of nitrogens with one attached hydrogen (secondary N) is 1. The molecule has 1 amide bonds. The molecule has 0 saturated carbocycles. The van der Waals surface area contributed by atoms with Crippen molar-refractivity contribution in [1.82, 2.24) is 9.80 Å². The minimum Gasteiger partial charge on any atom is -0.323 e. The molecule has 2 aromatic rings. The monoisotopic (exact) mass is 371 g/mol. The predicted octanol–water partition coefficient (Wildman–Crippen LogP) is 3.36. The van der Waals surface area contributed by atoms with Crippen molar-refractivity contribution in [1.29, 1.82) is 0 Å². The lowest BCUT2D eigenvalue weighted by atomic mass is 10.1.